The van der Waals surface area contributed by atoms with Crippen molar-refractivity contribution in [2.45, 2.75) is 170 Å². The number of aliphatic hydroxyl groups excluding tert-OH is 3. The highest BCUT2D eigenvalue weighted by atomic mass is 32.2. The second-order valence-electron chi connectivity index (χ2n) is 28.8. The van der Waals surface area contributed by atoms with E-state index in [-0.39, 0.29) is 151 Å². The zero-order valence-corrected chi connectivity index (χ0v) is 67.6. The number of hydrogen-bond acceptors (Lipinski definition) is 27. The van der Waals surface area contributed by atoms with Crippen LogP contribution in [0.25, 0.3) is 10.9 Å². The summed E-state index contributed by atoms with van der Waals surface area (Å²) in [6.07, 6.45) is -2.61. The lowest BCUT2D eigenvalue weighted by Gasteiger charge is -2.36. The maximum atomic E-state index is 16.3. The molecule has 0 radical (unpaired) electrons. The first-order valence-electron chi connectivity index (χ1n) is 38.7. The molecular weight excluding hydrogens is 1550 g/mol. The number of aliphatic hydroxyl groups is 3. The van der Waals surface area contributed by atoms with Crippen molar-refractivity contribution < 1.29 is 115 Å². The van der Waals surface area contributed by atoms with Gasteiger partial charge in [0.1, 0.15) is 53.2 Å². The number of primary amides is 1. The fourth-order valence-electron chi connectivity index (χ4n) is 12.9. The highest BCUT2D eigenvalue weighted by Crippen LogP contribution is 2.37. The summed E-state index contributed by atoms with van der Waals surface area (Å²) in [4.78, 5) is 175. The molecule has 4 aliphatic rings. The van der Waals surface area contributed by atoms with Gasteiger partial charge in [0.05, 0.1) is 168 Å². The first-order valence-corrected chi connectivity index (χ1v) is 41.2. The van der Waals surface area contributed by atoms with Crippen molar-refractivity contribution >= 4 is 105 Å². The number of amides is 12. The van der Waals surface area contributed by atoms with E-state index in [1.165, 1.54) is 25.8 Å². The van der Waals surface area contributed by atoms with Crippen molar-refractivity contribution in [1.82, 2.24) is 78.0 Å². The van der Waals surface area contributed by atoms with Gasteiger partial charge in [-0.25, -0.2) is 9.48 Å². The number of fused-ring (bicyclic) bond motifs is 5. The number of benzene rings is 1. The first-order chi connectivity index (χ1) is 55.1. The Labute approximate surface area is 673 Å². The molecule has 42 heteroatoms. The maximum absolute atomic E-state index is 16.3. The number of thioether (sulfide) groups is 1. The quantitative estimate of drug-likeness (QED) is 0.0242. The number of ketones is 1. The highest BCUT2D eigenvalue weighted by Gasteiger charge is 2.47. The average Bonchev–Trinajstić information content (AvgIpc) is 1.62. The molecule has 16 N–H and O–H groups in total. The van der Waals surface area contributed by atoms with Crippen LogP contribution in [0.5, 0.6) is 5.75 Å². The van der Waals surface area contributed by atoms with Crippen LogP contribution in [0.1, 0.15) is 103 Å². The second-order valence-corrected chi connectivity index (χ2v) is 31.3. The number of methoxy groups -OCH3 is 1. The van der Waals surface area contributed by atoms with Crippen LogP contribution in [-0.4, -0.2) is 314 Å². The predicted octanol–water partition coefficient (Wildman–Crippen LogP) is -4.13. The number of aromatic nitrogens is 4. The number of hydrogen-bond donors (Lipinski definition) is 15. The smallest absolute Gasteiger partial charge is 0.314 e. The van der Waals surface area contributed by atoms with Crippen LogP contribution in [0.2, 0.25) is 0 Å². The number of aromatic amines is 1. The summed E-state index contributed by atoms with van der Waals surface area (Å²) in [5.41, 5.74) is 5.03. The molecule has 1 saturated heterocycles. The van der Waals surface area contributed by atoms with Crippen LogP contribution in [0.15, 0.2) is 23.4 Å². The molecule has 2 unspecified atom stereocenters. The molecule has 0 spiro atoms. The van der Waals surface area contributed by atoms with E-state index in [0.29, 0.717) is 54.2 Å². The molecule has 7 rings (SSSR count). The summed E-state index contributed by atoms with van der Waals surface area (Å²) in [6, 6.07) is -7.97. The Bertz CT molecular complexity index is 3730. The third kappa shape index (κ3) is 29.9. The van der Waals surface area contributed by atoms with Crippen LogP contribution < -0.4 is 63.6 Å². The molecule has 3 aromatic rings. The van der Waals surface area contributed by atoms with Crippen LogP contribution in [0, 0.1) is 17.8 Å². The zero-order valence-electron chi connectivity index (χ0n) is 66.0. The summed E-state index contributed by atoms with van der Waals surface area (Å²) in [5.74, 6) is -12.0. The Morgan fingerprint density at radius 2 is 1.48 bits per heavy atom. The minimum Gasteiger partial charge on any atom is -0.610 e. The largest absolute Gasteiger partial charge is 0.610 e. The lowest BCUT2D eigenvalue weighted by Crippen LogP contribution is -2.64. The molecule has 115 heavy (non-hydrogen) atoms. The molecule has 7 bridgehead atoms. The van der Waals surface area contributed by atoms with Crippen LogP contribution in [0.4, 0.5) is 4.79 Å². The van der Waals surface area contributed by atoms with Crippen molar-refractivity contribution in [1.29, 1.82) is 0 Å². The molecule has 1 aromatic carbocycles. The molecule has 1 fully saturated rings. The number of rotatable bonds is 28. The van der Waals surface area contributed by atoms with E-state index >= 15 is 23.7 Å². The molecule has 0 aliphatic carbocycles. The summed E-state index contributed by atoms with van der Waals surface area (Å²) in [5, 5.41) is 68.0. The summed E-state index contributed by atoms with van der Waals surface area (Å²) < 4.78 is 64.8. The molecule has 2 aromatic heterocycles. The summed E-state index contributed by atoms with van der Waals surface area (Å²) in [7, 11) is 1.43. The molecule has 6 heterocycles. The topological polar surface area (TPSA) is 558 Å². The number of ether oxygens (including phenoxy) is 8. The lowest BCUT2D eigenvalue weighted by molar-refractivity contribution is -0.144. The van der Waals surface area contributed by atoms with Gasteiger partial charge in [-0.2, -0.15) is 11.8 Å². The Kier molecular flexibility index (Phi) is 39.4. The lowest BCUT2D eigenvalue weighted by atomic mass is 9.92. The third-order valence-corrected chi connectivity index (χ3v) is 22.1. The normalized spacial score (nSPS) is 24.5. The fraction of sp³-hybridized carbons (Fsp3) is 0.699. The standard InChI is InChI=1S/C73H114N16O24S2/c1-7-44(4)62-68(101)78-35-61(97)79-53-40-115(105)70-49-31-51(80-69(102)63(45(5)56(93)38-90)83-67(100)54-30-47(91)37-89(54)71(103)52(32-58(74)94)81-65(53)98)66(99)85-73(33-60(96)82-62,42-113-28-26-111-24-23-109-22-20-108-18-16-88-36-46(86-87-88)34-77-59(95)13-11-55(92)43(2)3)41-112-27-25-110-21-19-107-17-15-76-72(104)75-14-8-9-29-114-39-50-57(106-6)12-10-48(49)64(50)84-70/h10,12,36,43-45,47,51-54,56,62-63,84,90-91,93H,7-9,11,13-35,37-42H2,1-6H3,(H2,74,94)(H,77,95)(H,78,101)(H,79,97)(H,80,102)(H,81,98)(H,82,96)(H,83,100)(H,85,99)(H2,75,76,104)/t44-,45-,47+,51-,52-,53-,54-,56-,62-,63-,73?,115?/m0/s1. The van der Waals surface area contributed by atoms with Gasteiger partial charge in [0, 0.05) is 90.6 Å². The van der Waals surface area contributed by atoms with E-state index in [1.54, 1.807) is 50.7 Å². The molecule has 642 valence electrons. The number of H-pyrrole nitrogens is 1. The summed E-state index contributed by atoms with van der Waals surface area (Å²) in [6.45, 7) is 6.34. The third-order valence-electron chi connectivity index (χ3n) is 19.6. The number of nitrogens with one attached hydrogen (secondary N) is 11. The molecule has 40 nitrogen and oxygen atoms in total. The van der Waals surface area contributed by atoms with Gasteiger partial charge in [0.2, 0.25) is 64.1 Å². The SMILES string of the molecule is CC[C@H](C)[C@@H]1NC(=O)CC2(COCCOCCOCCOCCn3cc(CNC(=O)CCC(=O)C(C)C)nn3)COCCOCCOCCNC(=O)NCCCCSCc3c(OC)ccc4c5c([nH]c34)[S+]([O-])C[C@H](NC(=O)CNC1=O)C(=O)N[C@@H](CC(N)=O)C(=O)N1C[C@H](O)C[C@H]1C(=O)N[C@@H]([C@@H](C)[C@@H](O)CO)C(=O)N[C@@H](C5)C(=O)N2. The van der Waals surface area contributed by atoms with Crippen LogP contribution >= 0.6 is 11.8 Å². The monoisotopic (exact) mass is 1660 g/mol. The average molecular weight is 1660 g/mol. The van der Waals surface area contributed by atoms with Crippen molar-refractivity contribution in [2.75, 3.05) is 144 Å². The van der Waals surface area contributed by atoms with Gasteiger partial charge in [-0.1, -0.05) is 46.3 Å². The molecule has 0 saturated carbocycles. The van der Waals surface area contributed by atoms with Crippen molar-refractivity contribution in [3.63, 3.8) is 0 Å². The van der Waals surface area contributed by atoms with Crippen molar-refractivity contribution in [3.05, 3.63) is 35.2 Å². The van der Waals surface area contributed by atoms with Gasteiger partial charge in [0.15, 0.2) is 6.04 Å². The Morgan fingerprint density at radius 1 is 0.783 bits per heavy atom. The number of Topliss-reactive ketones (excluding diaryl/α,β-unsaturated/α-hetero) is 1. The van der Waals surface area contributed by atoms with Gasteiger partial charge >= 0.3 is 6.03 Å². The number of carbonyl (C=O) groups excluding carboxylic acids is 12. The van der Waals surface area contributed by atoms with Gasteiger partial charge in [-0.05, 0) is 36.6 Å². The van der Waals surface area contributed by atoms with Gasteiger partial charge < -0.3 is 127 Å². The molecule has 12 amide bonds. The molecule has 4 aliphatic heterocycles. The second kappa shape index (κ2) is 48.3. The van der Waals surface area contributed by atoms with E-state index in [1.807, 2.05) is 0 Å². The van der Waals surface area contributed by atoms with E-state index in [9.17, 15) is 53.7 Å². The van der Waals surface area contributed by atoms with E-state index in [4.69, 9.17) is 43.6 Å². The molecule has 12 atom stereocenters. The highest BCUT2D eigenvalue weighted by molar-refractivity contribution is 7.98. The number of nitrogens with zero attached hydrogens (tertiary/aromatic N) is 4. The number of nitrogens with two attached hydrogens (primary N) is 1. The van der Waals surface area contributed by atoms with Crippen molar-refractivity contribution in [3.8, 4) is 5.75 Å². The number of carbonyl (C=O) groups is 12. The predicted molar refractivity (Wildman–Crippen MR) is 413 cm³/mol. The Balaban J connectivity index is 1.27. The summed E-state index contributed by atoms with van der Waals surface area (Å²) >= 11 is -1.08. The number of urea groups is 1. The van der Waals surface area contributed by atoms with E-state index in [0.717, 1.165) is 4.90 Å². The first kappa shape index (κ1) is 93.8. The van der Waals surface area contributed by atoms with E-state index < -0.39 is 201 Å². The maximum Gasteiger partial charge on any atom is 0.314 e. The van der Waals surface area contributed by atoms with Gasteiger partial charge in [0.25, 0.3) is 0 Å². The Morgan fingerprint density at radius 3 is 2.17 bits per heavy atom. The Hall–Kier alpha value is -8.40. The van der Waals surface area contributed by atoms with Crippen LogP contribution in [0.3, 0.4) is 0 Å². The minimum atomic E-state index is -2.55. The van der Waals surface area contributed by atoms with Crippen molar-refractivity contribution in [2.24, 2.45) is 23.5 Å². The minimum absolute atomic E-state index is 0.00399. The molecular formula is C73H114N16O24S2. The fourth-order valence-corrected chi connectivity index (χ4v) is 15.3. The van der Waals surface area contributed by atoms with E-state index in [2.05, 4.69) is 68.5 Å². The van der Waals surface area contributed by atoms with Crippen LogP contribution in [-0.2, 0) is 122 Å². The zero-order chi connectivity index (χ0) is 83.6. The van der Waals surface area contributed by atoms with Gasteiger partial charge in [-0.15, -0.1) is 5.10 Å². The van der Waals surface area contributed by atoms with Gasteiger partial charge in [-0.3, -0.25) is 52.7 Å².